The molecule has 4 fully saturated rings. The number of Topliss-reactive ketones (excluding diaryl/α,β-unsaturated/α-hetero) is 1. The van der Waals surface area contributed by atoms with Crippen molar-refractivity contribution in [2.24, 2.45) is 28.6 Å². The lowest BCUT2D eigenvalue weighted by atomic mass is 9.47. The number of ether oxygens (including phenoxy) is 3. The summed E-state index contributed by atoms with van der Waals surface area (Å²) in [6, 6.07) is 0. The Bertz CT molecular complexity index is 796. The maximum atomic E-state index is 12.8. The fourth-order valence-electron chi connectivity index (χ4n) is 8.38. The molecule has 0 amide bonds. The maximum Gasteiger partial charge on any atom is 0.302 e. The predicted molar refractivity (Wildman–Crippen MR) is 121 cm³/mol. The van der Waals surface area contributed by atoms with Gasteiger partial charge >= 0.3 is 5.97 Å². The van der Waals surface area contributed by atoms with Crippen molar-refractivity contribution < 1.29 is 23.8 Å². The van der Waals surface area contributed by atoms with Crippen molar-refractivity contribution in [2.45, 2.75) is 103 Å². The Morgan fingerprint density at radius 3 is 2.59 bits per heavy atom. The first kappa shape index (κ1) is 22.6. The number of hydrogen-bond acceptors (Lipinski definition) is 5. The van der Waals surface area contributed by atoms with Crippen molar-refractivity contribution >= 4 is 11.8 Å². The first-order chi connectivity index (χ1) is 15.3. The van der Waals surface area contributed by atoms with E-state index < -0.39 is 5.79 Å². The average molecular weight is 445 g/mol. The quantitative estimate of drug-likeness (QED) is 0.324. The molecule has 5 heteroatoms. The third-order valence-electron chi connectivity index (χ3n) is 10.2. The maximum absolute atomic E-state index is 12.8. The molecule has 1 unspecified atom stereocenters. The van der Waals surface area contributed by atoms with E-state index in [0.717, 1.165) is 77.0 Å². The molecule has 0 radical (unpaired) electrons. The Morgan fingerprint density at radius 2 is 1.88 bits per heavy atom. The van der Waals surface area contributed by atoms with Crippen LogP contribution in [0.2, 0.25) is 0 Å². The van der Waals surface area contributed by atoms with Crippen LogP contribution in [0.3, 0.4) is 0 Å². The Kier molecular flexibility index (Phi) is 5.81. The topological polar surface area (TPSA) is 61.8 Å². The summed E-state index contributed by atoms with van der Waals surface area (Å²) < 4.78 is 18.3. The lowest BCUT2D eigenvalue weighted by Crippen LogP contribution is -2.54. The van der Waals surface area contributed by atoms with E-state index in [0.29, 0.717) is 30.1 Å². The summed E-state index contributed by atoms with van der Waals surface area (Å²) >= 11 is 0. The molecule has 0 aliphatic heterocycles. The molecular formula is C27H40O5. The van der Waals surface area contributed by atoms with Gasteiger partial charge in [-0.05, 0) is 69.1 Å². The highest BCUT2D eigenvalue weighted by Crippen LogP contribution is 2.64. The Balaban J connectivity index is 1.45. The van der Waals surface area contributed by atoms with Crippen LogP contribution in [0.1, 0.15) is 90.9 Å². The Labute approximate surface area is 192 Å². The van der Waals surface area contributed by atoms with Gasteiger partial charge in [0.05, 0.1) is 6.61 Å². The Morgan fingerprint density at radius 1 is 1.09 bits per heavy atom. The van der Waals surface area contributed by atoms with Crippen molar-refractivity contribution in [3.8, 4) is 0 Å². The molecule has 5 aliphatic rings. The molecular weight excluding hydrogens is 404 g/mol. The molecule has 0 heterocycles. The number of methoxy groups -OCH3 is 1. The van der Waals surface area contributed by atoms with E-state index in [9.17, 15) is 9.59 Å². The minimum atomic E-state index is -0.438. The lowest BCUT2D eigenvalue weighted by Gasteiger charge is -2.58. The molecule has 32 heavy (non-hydrogen) atoms. The second-order valence-corrected chi connectivity index (χ2v) is 11.5. The smallest absolute Gasteiger partial charge is 0.302 e. The molecule has 0 aromatic heterocycles. The second-order valence-electron chi connectivity index (χ2n) is 11.5. The van der Waals surface area contributed by atoms with E-state index in [-0.39, 0.29) is 22.9 Å². The van der Waals surface area contributed by atoms with Gasteiger partial charge in [-0.15, -0.1) is 0 Å². The van der Waals surface area contributed by atoms with Gasteiger partial charge in [0.25, 0.3) is 0 Å². The number of allylic oxidation sites excluding steroid dienone is 1. The highest BCUT2D eigenvalue weighted by atomic mass is 16.7. The molecule has 0 N–H and O–H groups in total. The van der Waals surface area contributed by atoms with Crippen LogP contribution >= 0.6 is 0 Å². The number of carbonyl (C=O) groups is 2. The molecule has 6 atom stereocenters. The van der Waals surface area contributed by atoms with Crippen molar-refractivity contribution in [3.05, 3.63) is 11.6 Å². The summed E-state index contributed by atoms with van der Waals surface area (Å²) in [4.78, 5) is 24.4. The summed E-state index contributed by atoms with van der Waals surface area (Å²) in [6.45, 7) is 4.44. The number of hydrogen-bond donors (Lipinski definition) is 0. The SMILES string of the molecule is COC1(OC[C@]23CCC(OC(C)=O)CC2=CC[C@@H]2[C@H]3CC[C@]3(C)C(=O)CC[C@@H]23)CCCC1. The molecule has 4 saturated carbocycles. The van der Waals surface area contributed by atoms with Crippen LogP contribution in [0.4, 0.5) is 0 Å². The van der Waals surface area contributed by atoms with Crippen molar-refractivity contribution in [2.75, 3.05) is 13.7 Å². The summed E-state index contributed by atoms with van der Waals surface area (Å²) in [6.07, 6.45) is 14.4. The zero-order valence-electron chi connectivity index (χ0n) is 20.1. The molecule has 5 aliphatic carbocycles. The van der Waals surface area contributed by atoms with Crippen molar-refractivity contribution in [3.63, 3.8) is 0 Å². The lowest BCUT2D eigenvalue weighted by molar-refractivity contribution is -0.239. The fraction of sp³-hybridized carbons (Fsp3) is 0.852. The minimum absolute atomic E-state index is 0.0132. The summed E-state index contributed by atoms with van der Waals surface area (Å²) in [7, 11) is 1.79. The van der Waals surface area contributed by atoms with Crippen LogP contribution in [0.25, 0.3) is 0 Å². The highest BCUT2D eigenvalue weighted by Gasteiger charge is 2.60. The summed E-state index contributed by atoms with van der Waals surface area (Å²) in [5.41, 5.74) is 1.30. The minimum Gasteiger partial charge on any atom is -0.462 e. The standard InChI is InChI=1S/C27H40O5/c1-18(28)32-20-10-15-26(17-31-27(30-3)12-4-5-13-27)19(16-20)6-7-21-22-8-9-24(29)25(22,2)14-11-23(21)26/h6,20-23H,4-5,7-17H2,1-3H3/t20?,21-,22-,23+,25-,26+/m0/s1. The first-order valence-electron chi connectivity index (χ1n) is 12.9. The largest absolute Gasteiger partial charge is 0.462 e. The van der Waals surface area contributed by atoms with Gasteiger partial charge in [-0.3, -0.25) is 9.59 Å². The van der Waals surface area contributed by atoms with E-state index in [4.69, 9.17) is 14.2 Å². The summed E-state index contributed by atoms with van der Waals surface area (Å²) in [5.74, 6) is 1.46. The van der Waals surface area contributed by atoms with Gasteiger partial charge in [-0.1, -0.05) is 18.6 Å². The average Bonchev–Trinajstić information content (AvgIpc) is 3.37. The molecule has 178 valence electrons. The molecule has 5 rings (SSSR count). The van der Waals surface area contributed by atoms with E-state index in [1.54, 1.807) is 7.11 Å². The number of carbonyl (C=O) groups excluding carboxylic acids is 2. The number of fused-ring (bicyclic) bond motifs is 5. The van der Waals surface area contributed by atoms with Crippen LogP contribution in [0.5, 0.6) is 0 Å². The molecule has 0 aromatic carbocycles. The van der Waals surface area contributed by atoms with E-state index in [2.05, 4.69) is 13.0 Å². The molecule has 0 saturated heterocycles. The van der Waals surface area contributed by atoms with Crippen molar-refractivity contribution in [1.29, 1.82) is 0 Å². The molecule has 0 aromatic rings. The third-order valence-corrected chi connectivity index (χ3v) is 10.2. The van der Waals surface area contributed by atoms with E-state index in [1.165, 1.54) is 12.5 Å². The predicted octanol–water partition coefficient (Wildman–Crippen LogP) is 5.36. The van der Waals surface area contributed by atoms with E-state index in [1.807, 2.05) is 0 Å². The van der Waals surface area contributed by atoms with Crippen LogP contribution in [0, 0.1) is 28.6 Å². The molecule has 0 bridgehead atoms. The number of esters is 1. The highest BCUT2D eigenvalue weighted by molar-refractivity contribution is 5.87. The fourth-order valence-corrected chi connectivity index (χ4v) is 8.38. The number of rotatable bonds is 5. The van der Waals surface area contributed by atoms with Gasteiger partial charge < -0.3 is 14.2 Å². The second kappa shape index (κ2) is 8.23. The number of ketones is 1. The van der Waals surface area contributed by atoms with Gasteiger partial charge in [0.1, 0.15) is 11.9 Å². The van der Waals surface area contributed by atoms with Crippen molar-refractivity contribution in [1.82, 2.24) is 0 Å². The summed E-state index contributed by atoms with van der Waals surface area (Å²) in [5, 5.41) is 0. The molecule has 5 nitrogen and oxygen atoms in total. The van der Waals surface area contributed by atoms with Gasteiger partial charge in [-0.2, -0.15) is 0 Å². The Hall–Kier alpha value is -1.20. The van der Waals surface area contributed by atoms with Gasteiger partial charge in [0.2, 0.25) is 0 Å². The van der Waals surface area contributed by atoms with Gasteiger partial charge in [0, 0.05) is 50.5 Å². The van der Waals surface area contributed by atoms with Crippen LogP contribution in [-0.4, -0.2) is 37.4 Å². The van der Waals surface area contributed by atoms with Gasteiger partial charge in [-0.25, -0.2) is 0 Å². The zero-order chi connectivity index (χ0) is 22.6. The van der Waals surface area contributed by atoms with Gasteiger partial charge in [0.15, 0.2) is 5.79 Å². The molecule has 0 spiro atoms. The van der Waals surface area contributed by atoms with Crippen LogP contribution in [-0.2, 0) is 23.8 Å². The zero-order valence-corrected chi connectivity index (χ0v) is 20.1. The van der Waals surface area contributed by atoms with Crippen LogP contribution in [0.15, 0.2) is 11.6 Å². The normalized spacial score (nSPS) is 42.6. The third kappa shape index (κ3) is 3.50. The van der Waals surface area contributed by atoms with Crippen LogP contribution < -0.4 is 0 Å². The monoisotopic (exact) mass is 444 g/mol. The first-order valence-corrected chi connectivity index (χ1v) is 12.9. The van der Waals surface area contributed by atoms with E-state index >= 15 is 0 Å².